The van der Waals surface area contributed by atoms with Crippen LogP contribution in [0.4, 0.5) is 5.69 Å². The van der Waals surface area contributed by atoms with Crippen LogP contribution in [0.3, 0.4) is 0 Å². The normalized spacial score (nSPS) is 11.4. The smallest absolute Gasteiger partial charge is 0.257 e. The number of fused-ring (bicyclic) bond motifs is 1. The van der Waals surface area contributed by atoms with Gasteiger partial charge in [-0.2, -0.15) is 0 Å². The molecule has 8 heteroatoms. The Hall–Kier alpha value is -2.48. The zero-order valence-corrected chi connectivity index (χ0v) is 14.7. The first kappa shape index (κ1) is 17.3. The summed E-state index contributed by atoms with van der Waals surface area (Å²) in [5, 5.41) is 3.76. The average molecular weight is 376 g/mol. The zero-order chi connectivity index (χ0) is 18.0. The van der Waals surface area contributed by atoms with Gasteiger partial charge in [0.15, 0.2) is 0 Å². The number of para-hydroxylation sites is 1. The van der Waals surface area contributed by atoms with Crippen molar-refractivity contribution in [3.05, 3.63) is 65.3 Å². The maximum Gasteiger partial charge on any atom is 0.257 e. The Balaban J connectivity index is 2.00. The van der Waals surface area contributed by atoms with Crippen molar-refractivity contribution in [1.82, 2.24) is 9.71 Å². The number of rotatable bonds is 4. The standard InChI is InChI=1S/C17H14ClN3O3S/c1-19-25(23,24)12-7-8-14(18)13(10-12)17(22)21-15-6-2-4-11-5-3-9-20-16(11)15/h2-10,19H,1H3,(H,21,22). The number of halogens is 1. The van der Waals surface area contributed by atoms with Gasteiger partial charge < -0.3 is 5.32 Å². The third-order valence-electron chi connectivity index (χ3n) is 3.64. The third kappa shape index (κ3) is 3.48. The monoisotopic (exact) mass is 375 g/mol. The van der Waals surface area contributed by atoms with E-state index >= 15 is 0 Å². The van der Waals surface area contributed by atoms with E-state index in [1.807, 2.05) is 12.1 Å². The van der Waals surface area contributed by atoms with Gasteiger partial charge in [0.25, 0.3) is 5.91 Å². The van der Waals surface area contributed by atoms with Gasteiger partial charge >= 0.3 is 0 Å². The molecule has 1 aromatic heterocycles. The fourth-order valence-corrected chi connectivity index (χ4v) is 3.32. The van der Waals surface area contributed by atoms with Crippen LogP contribution in [0.15, 0.2) is 59.6 Å². The SMILES string of the molecule is CNS(=O)(=O)c1ccc(Cl)c(C(=O)Nc2cccc3cccnc23)c1. The first-order valence-corrected chi connectivity index (χ1v) is 9.17. The number of amides is 1. The van der Waals surface area contributed by atoms with Crippen molar-refractivity contribution >= 4 is 44.1 Å². The lowest BCUT2D eigenvalue weighted by Crippen LogP contribution is -2.20. The van der Waals surface area contributed by atoms with Crippen LogP contribution in [0.25, 0.3) is 10.9 Å². The van der Waals surface area contributed by atoms with E-state index in [1.54, 1.807) is 24.4 Å². The highest BCUT2D eigenvalue weighted by atomic mass is 35.5. The number of nitrogens with one attached hydrogen (secondary N) is 2. The summed E-state index contributed by atoms with van der Waals surface area (Å²) in [6, 6.07) is 13.0. The molecular formula is C17H14ClN3O3S. The van der Waals surface area contributed by atoms with Gasteiger partial charge in [0, 0.05) is 11.6 Å². The summed E-state index contributed by atoms with van der Waals surface area (Å²) in [4.78, 5) is 16.8. The van der Waals surface area contributed by atoms with Crippen LogP contribution in [0, 0.1) is 0 Å². The van der Waals surface area contributed by atoms with E-state index in [0.29, 0.717) is 11.2 Å². The molecule has 0 atom stereocenters. The molecule has 6 nitrogen and oxygen atoms in total. The molecule has 1 heterocycles. The Morgan fingerprint density at radius 3 is 2.64 bits per heavy atom. The number of carbonyl (C=O) groups is 1. The number of hydrogen-bond acceptors (Lipinski definition) is 4. The van der Waals surface area contributed by atoms with Crippen molar-refractivity contribution < 1.29 is 13.2 Å². The summed E-state index contributed by atoms with van der Waals surface area (Å²) in [5.74, 6) is -0.517. The average Bonchev–Trinajstić information content (AvgIpc) is 2.62. The van der Waals surface area contributed by atoms with E-state index in [-0.39, 0.29) is 15.5 Å². The van der Waals surface area contributed by atoms with Crippen LogP contribution in [0.5, 0.6) is 0 Å². The van der Waals surface area contributed by atoms with E-state index in [2.05, 4.69) is 15.0 Å². The Bertz CT molecular complexity index is 1060. The van der Waals surface area contributed by atoms with Gasteiger partial charge in [0.1, 0.15) is 0 Å². The first-order valence-electron chi connectivity index (χ1n) is 7.30. The summed E-state index contributed by atoms with van der Waals surface area (Å²) in [6.45, 7) is 0. The Morgan fingerprint density at radius 1 is 1.12 bits per heavy atom. The van der Waals surface area contributed by atoms with Crippen molar-refractivity contribution in [2.45, 2.75) is 4.90 Å². The summed E-state index contributed by atoms with van der Waals surface area (Å²) in [5.41, 5.74) is 1.21. The fraction of sp³-hybridized carbons (Fsp3) is 0.0588. The van der Waals surface area contributed by atoms with Gasteiger partial charge in [-0.25, -0.2) is 13.1 Å². The van der Waals surface area contributed by atoms with Crippen LogP contribution < -0.4 is 10.0 Å². The summed E-state index contributed by atoms with van der Waals surface area (Å²) < 4.78 is 26.1. The maximum atomic E-state index is 12.6. The van der Waals surface area contributed by atoms with Crippen LogP contribution >= 0.6 is 11.6 Å². The number of nitrogens with zero attached hydrogens (tertiary/aromatic N) is 1. The van der Waals surface area contributed by atoms with Crippen LogP contribution in [0.2, 0.25) is 5.02 Å². The highest BCUT2D eigenvalue weighted by molar-refractivity contribution is 7.89. The second kappa shape index (κ2) is 6.79. The van der Waals surface area contributed by atoms with Crippen molar-refractivity contribution in [3.63, 3.8) is 0 Å². The molecule has 2 N–H and O–H groups in total. The molecule has 0 fully saturated rings. The number of hydrogen-bond donors (Lipinski definition) is 2. The molecule has 0 spiro atoms. The lowest BCUT2D eigenvalue weighted by Gasteiger charge is -2.10. The van der Waals surface area contributed by atoms with Crippen LogP contribution in [-0.4, -0.2) is 26.4 Å². The molecule has 3 aromatic rings. The molecule has 0 aliphatic carbocycles. The number of pyridine rings is 1. The van der Waals surface area contributed by atoms with Crippen molar-refractivity contribution in [1.29, 1.82) is 0 Å². The number of anilines is 1. The topological polar surface area (TPSA) is 88.2 Å². The predicted molar refractivity (Wildman–Crippen MR) is 97.4 cm³/mol. The molecule has 0 saturated heterocycles. The minimum atomic E-state index is -3.68. The highest BCUT2D eigenvalue weighted by Crippen LogP contribution is 2.24. The van der Waals surface area contributed by atoms with Gasteiger partial charge in [0.2, 0.25) is 10.0 Å². The second-order valence-corrected chi connectivity index (χ2v) is 7.48. The molecule has 25 heavy (non-hydrogen) atoms. The quantitative estimate of drug-likeness (QED) is 0.733. The first-order chi connectivity index (χ1) is 11.9. The van der Waals surface area contributed by atoms with Crippen molar-refractivity contribution in [3.8, 4) is 0 Å². The highest BCUT2D eigenvalue weighted by Gasteiger charge is 2.18. The van der Waals surface area contributed by atoms with Crippen molar-refractivity contribution in [2.24, 2.45) is 0 Å². The number of benzene rings is 2. The Kier molecular flexibility index (Phi) is 4.71. The molecule has 2 aromatic carbocycles. The van der Waals surface area contributed by atoms with Gasteiger partial charge in [-0.05, 0) is 37.4 Å². The molecule has 3 rings (SSSR count). The molecule has 0 aliphatic heterocycles. The van der Waals surface area contributed by atoms with E-state index in [4.69, 9.17) is 11.6 Å². The van der Waals surface area contributed by atoms with Gasteiger partial charge in [-0.3, -0.25) is 9.78 Å². The fourth-order valence-electron chi connectivity index (χ4n) is 2.36. The third-order valence-corrected chi connectivity index (χ3v) is 5.38. The van der Waals surface area contributed by atoms with Gasteiger partial charge in [0.05, 0.1) is 26.7 Å². The van der Waals surface area contributed by atoms with Gasteiger partial charge in [-0.15, -0.1) is 0 Å². The van der Waals surface area contributed by atoms with E-state index in [0.717, 1.165) is 5.39 Å². The van der Waals surface area contributed by atoms with Crippen molar-refractivity contribution in [2.75, 3.05) is 12.4 Å². The maximum absolute atomic E-state index is 12.6. The Labute approximate surface area is 149 Å². The molecule has 0 saturated carbocycles. The van der Waals surface area contributed by atoms with E-state index in [9.17, 15) is 13.2 Å². The molecular weight excluding hydrogens is 362 g/mol. The lowest BCUT2D eigenvalue weighted by atomic mass is 10.1. The Morgan fingerprint density at radius 2 is 1.88 bits per heavy atom. The number of carbonyl (C=O) groups excluding carboxylic acids is 1. The van der Waals surface area contributed by atoms with Gasteiger partial charge in [-0.1, -0.05) is 29.8 Å². The van der Waals surface area contributed by atoms with Crippen LogP contribution in [0.1, 0.15) is 10.4 Å². The zero-order valence-electron chi connectivity index (χ0n) is 13.2. The number of sulfonamides is 1. The van der Waals surface area contributed by atoms with E-state index in [1.165, 1.54) is 25.2 Å². The van der Waals surface area contributed by atoms with Crippen LogP contribution in [-0.2, 0) is 10.0 Å². The molecule has 1 amide bonds. The molecule has 128 valence electrons. The minimum Gasteiger partial charge on any atom is -0.320 e. The summed E-state index contributed by atoms with van der Waals surface area (Å²) >= 11 is 6.08. The summed E-state index contributed by atoms with van der Waals surface area (Å²) in [7, 11) is -2.38. The molecule has 0 bridgehead atoms. The second-order valence-electron chi connectivity index (χ2n) is 5.18. The molecule has 0 radical (unpaired) electrons. The largest absolute Gasteiger partial charge is 0.320 e. The van der Waals surface area contributed by atoms with E-state index < -0.39 is 15.9 Å². The lowest BCUT2D eigenvalue weighted by molar-refractivity contribution is 0.102. The minimum absolute atomic E-state index is 0.0411. The number of aromatic nitrogens is 1. The summed E-state index contributed by atoms with van der Waals surface area (Å²) in [6.07, 6.45) is 1.63. The molecule has 0 unspecified atom stereocenters. The molecule has 0 aliphatic rings. The predicted octanol–water partition coefficient (Wildman–Crippen LogP) is 3.05.